The molecule has 0 aromatic heterocycles. The van der Waals surface area contributed by atoms with Crippen LogP contribution < -0.4 is 10.1 Å². The van der Waals surface area contributed by atoms with Crippen molar-refractivity contribution in [1.29, 1.82) is 10.5 Å². The topological polar surface area (TPSA) is 85.9 Å². The Balaban J connectivity index is 1.73. The summed E-state index contributed by atoms with van der Waals surface area (Å²) >= 11 is 14.0. The first-order chi connectivity index (χ1) is 15.4. The molecule has 0 saturated carbocycles. The molecule has 1 amide bonds. The zero-order chi connectivity index (χ0) is 23.1. The third-order valence-corrected chi connectivity index (χ3v) is 5.91. The largest absolute Gasteiger partial charge is 0.488 e. The van der Waals surface area contributed by atoms with Crippen molar-refractivity contribution in [1.82, 2.24) is 0 Å². The van der Waals surface area contributed by atoms with Crippen LogP contribution in [0.5, 0.6) is 5.75 Å². The SMILES string of the molecule is N#C/C(=C\c1ccc(OCc2ccccc2C#N)c(I)c1)C(=O)Nc1ccc(Cl)c(Cl)c1. The van der Waals surface area contributed by atoms with Gasteiger partial charge in [-0.15, -0.1) is 0 Å². The van der Waals surface area contributed by atoms with E-state index in [2.05, 4.69) is 34.0 Å². The summed E-state index contributed by atoms with van der Waals surface area (Å²) in [6.07, 6.45) is 1.49. The van der Waals surface area contributed by atoms with Gasteiger partial charge in [-0.3, -0.25) is 4.79 Å². The normalized spacial score (nSPS) is 10.7. The van der Waals surface area contributed by atoms with Crippen LogP contribution >= 0.6 is 45.8 Å². The molecule has 158 valence electrons. The van der Waals surface area contributed by atoms with Gasteiger partial charge in [0, 0.05) is 11.3 Å². The number of benzene rings is 3. The third kappa shape index (κ3) is 6.02. The Morgan fingerprint density at radius 3 is 2.53 bits per heavy atom. The molecular formula is C24H14Cl2IN3O2. The van der Waals surface area contributed by atoms with Crippen molar-refractivity contribution in [3.8, 4) is 17.9 Å². The minimum Gasteiger partial charge on any atom is -0.488 e. The molecule has 0 radical (unpaired) electrons. The van der Waals surface area contributed by atoms with Gasteiger partial charge >= 0.3 is 0 Å². The second-order valence-corrected chi connectivity index (χ2v) is 8.48. The fourth-order valence-electron chi connectivity index (χ4n) is 2.72. The molecule has 0 bridgehead atoms. The average molecular weight is 574 g/mol. The van der Waals surface area contributed by atoms with E-state index in [1.165, 1.54) is 12.1 Å². The Hall–Kier alpha value is -3.04. The molecule has 0 spiro atoms. The number of nitrogens with one attached hydrogen (secondary N) is 1. The van der Waals surface area contributed by atoms with E-state index in [-0.39, 0.29) is 12.2 Å². The number of ether oxygens (including phenoxy) is 1. The number of halogens is 3. The lowest BCUT2D eigenvalue weighted by Gasteiger charge is -2.10. The van der Waals surface area contributed by atoms with Crippen molar-refractivity contribution in [2.75, 3.05) is 5.32 Å². The highest BCUT2D eigenvalue weighted by Gasteiger charge is 2.12. The number of nitriles is 2. The number of nitrogens with zero attached hydrogens (tertiary/aromatic N) is 2. The lowest BCUT2D eigenvalue weighted by atomic mass is 10.1. The van der Waals surface area contributed by atoms with Gasteiger partial charge in [0.2, 0.25) is 0 Å². The summed E-state index contributed by atoms with van der Waals surface area (Å²) in [5.74, 6) is 0.0728. The molecule has 3 rings (SSSR count). The number of carbonyl (C=O) groups excluding carboxylic acids is 1. The van der Waals surface area contributed by atoms with Crippen LogP contribution in [0.1, 0.15) is 16.7 Å². The molecule has 32 heavy (non-hydrogen) atoms. The van der Waals surface area contributed by atoms with E-state index < -0.39 is 5.91 Å². The molecule has 0 aliphatic carbocycles. The Labute approximate surface area is 209 Å². The lowest BCUT2D eigenvalue weighted by Crippen LogP contribution is -2.13. The second kappa shape index (κ2) is 11.0. The molecule has 0 aliphatic rings. The van der Waals surface area contributed by atoms with Crippen LogP contribution in [0.4, 0.5) is 5.69 Å². The van der Waals surface area contributed by atoms with Gasteiger partial charge in [-0.2, -0.15) is 10.5 Å². The molecule has 3 aromatic carbocycles. The van der Waals surface area contributed by atoms with Gasteiger partial charge < -0.3 is 10.1 Å². The molecule has 1 N–H and O–H groups in total. The number of hydrogen-bond donors (Lipinski definition) is 1. The predicted octanol–water partition coefficient (Wildman–Crippen LogP) is 6.59. The highest BCUT2D eigenvalue weighted by Crippen LogP contribution is 2.26. The summed E-state index contributed by atoms with van der Waals surface area (Å²) in [4.78, 5) is 12.5. The lowest BCUT2D eigenvalue weighted by molar-refractivity contribution is -0.112. The molecule has 0 heterocycles. The maximum absolute atomic E-state index is 12.5. The summed E-state index contributed by atoms with van der Waals surface area (Å²) in [5, 5.41) is 21.9. The van der Waals surface area contributed by atoms with Gasteiger partial charge in [0.05, 0.1) is 25.2 Å². The van der Waals surface area contributed by atoms with Gasteiger partial charge in [-0.05, 0) is 70.6 Å². The standard InChI is InChI=1S/C24H14Cl2IN3O2/c25-20-7-6-19(11-21(20)26)30-24(31)18(13-29)9-15-5-8-23(22(27)10-15)32-14-17-4-2-1-3-16(17)12-28/h1-11H,14H2,(H,30,31)/b18-9+. The van der Waals surface area contributed by atoms with Crippen molar-refractivity contribution in [3.05, 3.63) is 96.5 Å². The Morgan fingerprint density at radius 2 is 1.84 bits per heavy atom. The van der Waals surface area contributed by atoms with E-state index in [1.807, 2.05) is 18.2 Å². The van der Waals surface area contributed by atoms with Crippen molar-refractivity contribution >= 4 is 63.5 Å². The fourth-order valence-corrected chi connectivity index (χ4v) is 3.72. The fraction of sp³-hybridized carbons (Fsp3) is 0.0417. The quantitative estimate of drug-likeness (QED) is 0.205. The zero-order valence-electron chi connectivity index (χ0n) is 16.4. The molecule has 0 atom stereocenters. The number of anilines is 1. The van der Waals surface area contributed by atoms with Crippen LogP contribution in [0.25, 0.3) is 6.08 Å². The highest BCUT2D eigenvalue weighted by molar-refractivity contribution is 14.1. The van der Waals surface area contributed by atoms with Crippen LogP contribution in [0, 0.1) is 26.2 Å². The number of hydrogen-bond acceptors (Lipinski definition) is 4. The summed E-state index contributed by atoms with van der Waals surface area (Å²) in [5.41, 5.74) is 2.39. The van der Waals surface area contributed by atoms with Crippen LogP contribution in [-0.2, 0) is 11.4 Å². The molecule has 0 fully saturated rings. The van der Waals surface area contributed by atoms with E-state index >= 15 is 0 Å². The maximum atomic E-state index is 12.5. The van der Waals surface area contributed by atoms with Gasteiger partial charge in [0.1, 0.15) is 24.0 Å². The first kappa shape index (κ1) is 23.6. The van der Waals surface area contributed by atoms with E-state index in [0.717, 1.165) is 9.13 Å². The Bertz CT molecular complexity index is 1290. The molecule has 0 aliphatic heterocycles. The molecule has 0 unspecified atom stereocenters. The minimum atomic E-state index is -0.561. The molecule has 0 saturated heterocycles. The summed E-state index contributed by atoms with van der Waals surface area (Å²) < 4.78 is 6.65. The Kier molecular flexibility index (Phi) is 8.13. The average Bonchev–Trinajstić information content (AvgIpc) is 2.79. The molecule has 8 heteroatoms. The number of amides is 1. The maximum Gasteiger partial charge on any atom is 0.266 e. The van der Waals surface area contributed by atoms with Crippen molar-refractivity contribution in [2.45, 2.75) is 6.61 Å². The molecule has 3 aromatic rings. The summed E-state index contributed by atoms with van der Waals surface area (Å²) in [6.45, 7) is 0.254. The minimum absolute atomic E-state index is 0.0662. The van der Waals surface area contributed by atoms with E-state index in [4.69, 9.17) is 27.9 Å². The van der Waals surface area contributed by atoms with E-state index in [1.54, 1.807) is 42.5 Å². The Morgan fingerprint density at radius 1 is 1.06 bits per heavy atom. The van der Waals surface area contributed by atoms with Crippen LogP contribution in [0.3, 0.4) is 0 Å². The van der Waals surface area contributed by atoms with Crippen LogP contribution in [0.15, 0.2) is 66.2 Å². The zero-order valence-corrected chi connectivity index (χ0v) is 20.1. The molecular weight excluding hydrogens is 560 g/mol. The second-order valence-electron chi connectivity index (χ2n) is 6.50. The summed E-state index contributed by atoms with van der Waals surface area (Å²) in [6, 6.07) is 21.3. The first-order valence-electron chi connectivity index (χ1n) is 9.20. The van der Waals surface area contributed by atoms with Crippen LogP contribution in [-0.4, -0.2) is 5.91 Å². The smallest absolute Gasteiger partial charge is 0.266 e. The molecule has 5 nitrogen and oxygen atoms in total. The van der Waals surface area contributed by atoms with Gasteiger partial charge in [0.15, 0.2) is 0 Å². The van der Waals surface area contributed by atoms with Crippen molar-refractivity contribution < 1.29 is 9.53 Å². The van der Waals surface area contributed by atoms with Crippen molar-refractivity contribution in [3.63, 3.8) is 0 Å². The van der Waals surface area contributed by atoms with E-state index in [0.29, 0.717) is 32.6 Å². The highest BCUT2D eigenvalue weighted by atomic mass is 127. The number of rotatable bonds is 6. The van der Waals surface area contributed by atoms with Gasteiger partial charge in [-0.1, -0.05) is 47.5 Å². The van der Waals surface area contributed by atoms with Crippen LogP contribution in [0.2, 0.25) is 10.0 Å². The van der Waals surface area contributed by atoms with Crippen molar-refractivity contribution in [2.24, 2.45) is 0 Å². The monoisotopic (exact) mass is 573 g/mol. The third-order valence-electron chi connectivity index (χ3n) is 4.33. The number of carbonyl (C=O) groups is 1. The van der Waals surface area contributed by atoms with Gasteiger partial charge in [0.25, 0.3) is 5.91 Å². The first-order valence-corrected chi connectivity index (χ1v) is 11.0. The summed E-state index contributed by atoms with van der Waals surface area (Å²) in [7, 11) is 0. The van der Waals surface area contributed by atoms with E-state index in [9.17, 15) is 15.3 Å². The predicted molar refractivity (Wildman–Crippen MR) is 133 cm³/mol. The van der Waals surface area contributed by atoms with Gasteiger partial charge in [-0.25, -0.2) is 0 Å².